The highest BCUT2D eigenvalue weighted by Gasteiger charge is 2.72. The van der Waals surface area contributed by atoms with Crippen LogP contribution in [0.3, 0.4) is 0 Å². The highest BCUT2D eigenvalue weighted by atomic mass is 16.5. The standard InChI is InChI=1S/C13H20N2O4/c1-5-19-11(18)13(4,14)6-15-9(16)7-8(10(15)17)12(7,2)3/h7-8H,5-6,14H2,1-4H3. The first kappa shape index (κ1) is 14.0. The fourth-order valence-electron chi connectivity index (χ4n) is 2.85. The Hall–Kier alpha value is -1.43. The van der Waals surface area contributed by atoms with Gasteiger partial charge in [-0.1, -0.05) is 13.8 Å². The summed E-state index contributed by atoms with van der Waals surface area (Å²) in [5.74, 6) is -1.55. The Labute approximate surface area is 112 Å². The Morgan fingerprint density at radius 1 is 1.37 bits per heavy atom. The minimum absolute atomic E-state index is 0.118. The van der Waals surface area contributed by atoms with Gasteiger partial charge in [0.05, 0.1) is 25.0 Å². The topological polar surface area (TPSA) is 89.7 Å². The Morgan fingerprint density at radius 2 is 1.84 bits per heavy atom. The number of likely N-dealkylation sites (tertiary alicyclic amines) is 1. The van der Waals surface area contributed by atoms with Crippen molar-refractivity contribution in [2.75, 3.05) is 13.2 Å². The van der Waals surface area contributed by atoms with E-state index in [2.05, 4.69) is 0 Å². The summed E-state index contributed by atoms with van der Waals surface area (Å²) in [6, 6.07) is 0. The molecular weight excluding hydrogens is 248 g/mol. The number of imide groups is 1. The number of fused-ring (bicyclic) bond motifs is 1. The van der Waals surface area contributed by atoms with E-state index in [4.69, 9.17) is 10.5 Å². The van der Waals surface area contributed by atoms with Crippen molar-refractivity contribution in [1.82, 2.24) is 4.90 Å². The van der Waals surface area contributed by atoms with Gasteiger partial charge in [-0.15, -0.1) is 0 Å². The summed E-state index contributed by atoms with van der Waals surface area (Å²) in [6.45, 7) is 7.06. The van der Waals surface area contributed by atoms with Crippen molar-refractivity contribution in [2.45, 2.75) is 33.2 Å². The number of carbonyl (C=O) groups excluding carboxylic acids is 3. The number of rotatable bonds is 4. The summed E-state index contributed by atoms with van der Waals surface area (Å²) >= 11 is 0. The van der Waals surface area contributed by atoms with Crippen LogP contribution in [-0.2, 0) is 19.1 Å². The third kappa shape index (κ3) is 1.94. The first-order chi connectivity index (χ1) is 8.64. The number of hydrogen-bond donors (Lipinski definition) is 1. The maximum Gasteiger partial charge on any atom is 0.327 e. The van der Waals surface area contributed by atoms with Gasteiger partial charge in [-0.25, -0.2) is 4.79 Å². The van der Waals surface area contributed by atoms with E-state index in [9.17, 15) is 14.4 Å². The number of nitrogens with two attached hydrogens (primary N) is 1. The summed E-state index contributed by atoms with van der Waals surface area (Å²) in [6.07, 6.45) is 0. The predicted octanol–water partition coefficient (Wildman–Crippen LogP) is -0.0921. The van der Waals surface area contributed by atoms with Crippen molar-refractivity contribution in [3.8, 4) is 0 Å². The molecule has 0 bridgehead atoms. The van der Waals surface area contributed by atoms with Crippen molar-refractivity contribution in [2.24, 2.45) is 23.0 Å². The molecule has 1 aliphatic carbocycles. The molecule has 2 N–H and O–H groups in total. The molecule has 0 aromatic heterocycles. The maximum absolute atomic E-state index is 12.1. The van der Waals surface area contributed by atoms with Crippen LogP contribution in [0, 0.1) is 17.3 Å². The zero-order chi connectivity index (χ0) is 14.6. The lowest BCUT2D eigenvalue weighted by Crippen LogP contribution is -2.56. The third-order valence-corrected chi connectivity index (χ3v) is 4.12. The van der Waals surface area contributed by atoms with Crippen LogP contribution in [0.2, 0.25) is 0 Å². The van der Waals surface area contributed by atoms with Gasteiger partial charge >= 0.3 is 5.97 Å². The van der Waals surface area contributed by atoms with Gasteiger partial charge < -0.3 is 10.5 Å². The average Bonchev–Trinajstić information content (AvgIpc) is 2.77. The fraction of sp³-hybridized carbons (Fsp3) is 0.769. The normalized spacial score (nSPS) is 30.9. The van der Waals surface area contributed by atoms with E-state index in [0.717, 1.165) is 4.90 Å². The van der Waals surface area contributed by atoms with Crippen LogP contribution in [0.4, 0.5) is 0 Å². The molecule has 0 aromatic carbocycles. The number of esters is 1. The Morgan fingerprint density at radius 3 is 2.26 bits per heavy atom. The van der Waals surface area contributed by atoms with Gasteiger partial charge in [0.25, 0.3) is 0 Å². The van der Waals surface area contributed by atoms with E-state index in [0.29, 0.717) is 0 Å². The highest BCUT2D eigenvalue weighted by Crippen LogP contribution is 2.63. The molecule has 0 aromatic rings. The Balaban J connectivity index is 2.08. The van der Waals surface area contributed by atoms with Crippen molar-refractivity contribution in [3.63, 3.8) is 0 Å². The minimum Gasteiger partial charge on any atom is -0.465 e. The summed E-state index contributed by atoms with van der Waals surface area (Å²) in [5, 5.41) is 0. The summed E-state index contributed by atoms with van der Waals surface area (Å²) < 4.78 is 4.85. The molecule has 2 aliphatic rings. The molecule has 19 heavy (non-hydrogen) atoms. The number of amides is 2. The number of hydrogen-bond acceptors (Lipinski definition) is 5. The van der Waals surface area contributed by atoms with Crippen LogP contribution in [0.15, 0.2) is 0 Å². The lowest BCUT2D eigenvalue weighted by Gasteiger charge is -2.29. The first-order valence-corrected chi connectivity index (χ1v) is 6.46. The zero-order valence-corrected chi connectivity index (χ0v) is 11.7. The van der Waals surface area contributed by atoms with Gasteiger partial charge in [-0.05, 0) is 19.3 Å². The van der Waals surface area contributed by atoms with E-state index in [1.54, 1.807) is 6.92 Å². The van der Waals surface area contributed by atoms with E-state index in [1.807, 2.05) is 13.8 Å². The first-order valence-electron chi connectivity index (χ1n) is 6.46. The molecule has 3 atom stereocenters. The summed E-state index contributed by atoms with van der Waals surface area (Å²) in [7, 11) is 0. The quantitative estimate of drug-likeness (QED) is 0.568. The molecule has 106 valence electrons. The van der Waals surface area contributed by atoms with Crippen molar-refractivity contribution >= 4 is 17.8 Å². The second-order valence-electron chi connectivity index (χ2n) is 6.18. The second kappa shape index (κ2) is 4.03. The molecule has 6 heteroatoms. The molecule has 0 spiro atoms. The van der Waals surface area contributed by atoms with E-state index >= 15 is 0 Å². The lowest BCUT2D eigenvalue weighted by atomic mass is 10.0. The SMILES string of the molecule is CCOC(=O)C(C)(N)CN1C(=O)C2C(C1=O)C2(C)C. The van der Waals surface area contributed by atoms with Crippen LogP contribution in [-0.4, -0.2) is 41.4 Å². The predicted molar refractivity (Wildman–Crippen MR) is 66.7 cm³/mol. The number of nitrogens with zero attached hydrogens (tertiary/aromatic N) is 1. The summed E-state index contributed by atoms with van der Waals surface area (Å²) in [5.41, 5.74) is 4.25. The van der Waals surface area contributed by atoms with Crippen molar-refractivity contribution in [1.29, 1.82) is 0 Å². The molecule has 1 heterocycles. The molecule has 2 rings (SSSR count). The van der Waals surface area contributed by atoms with Gasteiger partial charge in [-0.3, -0.25) is 14.5 Å². The molecule has 0 radical (unpaired) electrons. The molecule has 2 fully saturated rings. The van der Waals surface area contributed by atoms with Crippen LogP contribution >= 0.6 is 0 Å². The van der Waals surface area contributed by atoms with E-state index in [-0.39, 0.29) is 42.2 Å². The minimum atomic E-state index is -1.36. The number of carbonyl (C=O) groups is 3. The molecule has 2 amide bonds. The second-order valence-corrected chi connectivity index (χ2v) is 6.18. The molecule has 1 saturated carbocycles. The van der Waals surface area contributed by atoms with Gasteiger partial charge in [0.2, 0.25) is 11.8 Å². The molecular formula is C13H20N2O4. The van der Waals surface area contributed by atoms with E-state index in [1.165, 1.54) is 6.92 Å². The van der Waals surface area contributed by atoms with Crippen LogP contribution in [0.25, 0.3) is 0 Å². The Kier molecular flexibility index (Phi) is 2.97. The Bertz CT molecular complexity index is 432. The number of ether oxygens (including phenoxy) is 1. The molecule has 1 aliphatic heterocycles. The highest BCUT2D eigenvalue weighted by molar-refractivity contribution is 6.10. The van der Waals surface area contributed by atoms with Gasteiger partial charge in [0.15, 0.2) is 0 Å². The monoisotopic (exact) mass is 268 g/mol. The largest absolute Gasteiger partial charge is 0.465 e. The number of piperidine rings is 1. The average molecular weight is 268 g/mol. The van der Waals surface area contributed by atoms with Crippen molar-refractivity contribution in [3.05, 3.63) is 0 Å². The summed E-state index contributed by atoms with van der Waals surface area (Å²) in [4.78, 5) is 37.1. The van der Waals surface area contributed by atoms with Crippen molar-refractivity contribution < 1.29 is 19.1 Å². The van der Waals surface area contributed by atoms with Crippen LogP contribution < -0.4 is 5.73 Å². The molecule has 3 unspecified atom stereocenters. The lowest BCUT2D eigenvalue weighted by molar-refractivity contribution is -0.152. The zero-order valence-electron chi connectivity index (χ0n) is 11.7. The third-order valence-electron chi connectivity index (χ3n) is 4.12. The van der Waals surface area contributed by atoms with E-state index < -0.39 is 11.5 Å². The van der Waals surface area contributed by atoms with Gasteiger partial charge in [-0.2, -0.15) is 0 Å². The smallest absolute Gasteiger partial charge is 0.327 e. The maximum atomic E-state index is 12.1. The van der Waals surface area contributed by atoms with Crippen LogP contribution in [0.5, 0.6) is 0 Å². The van der Waals surface area contributed by atoms with Gasteiger partial charge in [0.1, 0.15) is 5.54 Å². The molecule has 6 nitrogen and oxygen atoms in total. The van der Waals surface area contributed by atoms with Crippen LogP contribution in [0.1, 0.15) is 27.7 Å². The molecule has 1 saturated heterocycles. The van der Waals surface area contributed by atoms with Gasteiger partial charge in [0, 0.05) is 0 Å². The fourth-order valence-corrected chi connectivity index (χ4v) is 2.85.